The Bertz CT molecular complexity index is 346. The van der Waals surface area contributed by atoms with Gasteiger partial charge in [0.2, 0.25) is 5.91 Å². The lowest BCUT2D eigenvalue weighted by atomic mass is 10.1. The van der Waals surface area contributed by atoms with Gasteiger partial charge in [0, 0.05) is 13.5 Å². The fraction of sp³-hybridized carbons (Fsp3) is 0.462. The zero-order valence-electron chi connectivity index (χ0n) is 10.3. The molecule has 0 bridgehead atoms. The van der Waals surface area contributed by atoms with Gasteiger partial charge in [-0.05, 0) is 31.0 Å². The van der Waals surface area contributed by atoms with E-state index in [4.69, 9.17) is 4.74 Å². The minimum Gasteiger partial charge on any atom is -0.494 e. The number of aliphatic hydroxyl groups is 1. The summed E-state index contributed by atoms with van der Waals surface area (Å²) in [4.78, 5) is 10.9. The van der Waals surface area contributed by atoms with E-state index in [0.29, 0.717) is 19.4 Å². The Labute approximate surface area is 102 Å². The van der Waals surface area contributed by atoms with Gasteiger partial charge in [-0.25, -0.2) is 0 Å². The molecule has 0 fully saturated rings. The van der Waals surface area contributed by atoms with E-state index < -0.39 is 6.10 Å². The third-order valence-corrected chi connectivity index (χ3v) is 2.46. The summed E-state index contributed by atoms with van der Waals surface area (Å²) in [7, 11) is 1.62. The predicted octanol–water partition coefficient (Wildman–Crippen LogP) is 1.64. The van der Waals surface area contributed by atoms with Gasteiger partial charge in [0.1, 0.15) is 5.75 Å². The van der Waals surface area contributed by atoms with Crippen LogP contribution < -0.4 is 10.1 Å². The van der Waals surface area contributed by atoms with Crippen LogP contribution in [0.25, 0.3) is 0 Å². The summed E-state index contributed by atoms with van der Waals surface area (Å²) in [6, 6.07) is 7.31. The summed E-state index contributed by atoms with van der Waals surface area (Å²) in [6.07, 6.45) is 0.706. The molecule has 0 aliphatic heterocycles. The van der Waals surface area contributed by atoms with E-state index in [0.717, 1.165) is 11.3 Å². The second-order valence-electron chi connectivity index (χ2n) is 3.87. The molecule has 1 atom stereocenters. The number of rotatable bonds is 6. The van der Waals surface area contributed by atoms with E-state index in [1.807, 2.05) is 24.3 Å². The molecule has 17 heavy (non-hydrogen) atoms. The minimum absolute atomic E-state index is 0.0260. The molecule has 0 spiro atoms. The van der Waals surface area contributed by atoms with Crippen LogP contribution in [0.2, 0.25) is 0 Å². The normalized spacial score (nSPS) is 11.9. The van der Waals surface area contributed by atoms with Crippen molar-refractivity contribution in [3.8, 4) is 5.75 Å². The van der Waals surface area contributed by atoms with E-state index in [1.54, 1.807) is 14.0 Å². The maximum atomic E-state index is 10.9. The molecular weight excluding hydrogens is 218 g/mol. The quantitative estimate of drug-likeness (QED) is 0.739. The Kier molecular flexibility index (Phi) is 5.49. The van der Waals surface area contributed by atoms with Crippen molar-refractivity contribution in [3.63, 3.8) is 0 Å². The molecule has 1 aromatic rings. The van der Waals surface area contributed by atoms with E-state index >= 15 is 0 Å². The van der Waals surface area contributed by atoms with Gasteiger partial charge >= 0.3 is 0 Å². The Morgan fingerprint density at radius 2 is 2.06 bits per heavy atom. The van der Waals surface area contributed by atoms with Crippen LogP contribution in [-0.4, -0.2) is 24.7 Å². The first-order valence-corrected chi connectivity index (χ1v) is 5.75. The SMILES string of the molecule is CNC(=O)CCCOc1ccc([C@H](C)O)cc1. The highest BCUT2D eigenvalue weighted by atomic mass is 16.5. The summed E-state index contributed by atoms with van der Waals surface area (Å²) in [5, 5.41) is 11.9. The van der Waals surface area contributed by atoms with Crippen molar-refractivity contribution in [2.75, 3.05) is 13.7 Å². The molecule has 0 heterocycles. The van der Waals surface area contributed by atoms with E-state index in [-0.39, 0.29) is 5.91 Å². The number of hydrogen-bond acceptors (Lipinski definition) is 3. The second-order valence-corrected chi connectivity index (χ2v) is 3.87. The van der Waals surface area contributed by atoms with Crippen LogP contribution in [0.3, 0.4) is 0 Å². The van der Waals surface area contributed by atoms with Gasteiger partial charge in [0.15, 0.2) is 0 Å². The third-order valence-electron chi connectivity index (χ3n) is 2.46. The standard InChI is InChI=1S/C13H19NO3/c1-10(15)11-5-7-12(8-6-11)17-9-3-4-13(16)14-2/h5-8,10,15H,3-4,9H2,1-2H3,(H,14,16)/t10-/m0/s1. The van der Waals surface area contributed by atoms with Crippen LogP contribution in [0.15, 0.2) is 24.3 Å². The zero-order valence-corrected chi connectivity index (χ0v) is 10.3. The van der Waals surface area contributed by atoms with Crippen LogP contribution in [0.5, 0.6) is 5.75 Å². The van der Waals surface area contributed by atoms with Gasteiger partial charge in [-0.15, -0.1) is 0 Å². The summed E-state index contributed by atoms with van der Waals surface area (Å²) in [6.45, 7) is 2.24. The maximum absolute atomic E-state index is 10.9. The largest absolute Gasteiger partial charge is 0.494 e. The first-order chi connectivity index (χ1) is 8.13. The van der Waals surface area contributed by atoms with Crippen molar-refractivity contribution < 1.29 is 14.6 Å². The number of aliphatic hydroxyl groups excluding tert-OH is 1. The lowest BCUT2D eigenvalue weighted by Crippen LogP contribution is -2.18. The number of amides is 1. The zero-order chi connectivity index (χ0) is 12.7. The van der Waals surface area contributed by atoms with Gasteiger partial charge in [0.05, 0.1) is 12.7 Å². The molecule has 4 heteroatoms. The van der Waals surface area contributed by atoms with Crippen LogP contribution in [0.1, 0.15) is 31.4 Å². The molecule has 0 saturated heterocycles. The highest BCUT2D eigenvalue weighted by molar-refractivity contribution is 5.75. The van der Waals surface area contributed by atoms with Crippen molar-refractivity contribution in [1.29, 1.82) is 0 Å². The maximum Gasteiger partial charge on any atom is 0.219 e. The second kappa shape index (κ2) is 6.91. The topological polar surface area (TPSA) is 58.6 Å². The molecule has 0 saturated carbocycles. The Morgan fingerprint density at radius 3 is 2.59 bits per heavy atom. The van der Waals surface area contributed by atoms with Crippen molar-refractivity contribution in [2.24, 2.45) is 0 Å². The first kappa shape index (κ1) is 13.5. The molecular formula is C13H19NO3. The smallest absolute Gasteiger partial charge is 0.219 e. The molecule has 1 amide bonds. The monoisotopic (exact) mass is 237 g/mol. The summed E-state index contributed by atoms with van der Waals surface area (Å²) in [5.74, 6) is 0.782. The van der Waals surface area contributed by atoms with Crippen molar-refractivity contribution in [2.45, 2.75) is 25.9 Å². The van der Waals surface area contributed by atoms with Crippen molar-refractivity contribution >= 4 is 5.91 Å². The van der Waals surface area contributed by atoms with E-state index in [9.17, 15) is 9.90 Å². The highest BCUT2D eigenvalue weighted by Gasteiger charge is 2.01. The van der Waals surface area contributed by atoms with Gasteiger partial charge in [-0.2, -0.15) is 0 Å². The average Bonchev–Trinajstić information content (AvgIpc) is 2.34. The molecule has 0 radical (unpaired) electrons. The third kappa shape index (κ3) is 4.87. The van der Waals surface area contributed by atoms with E-state index in [2.05, 4.69) is 5.32 Å². The van der Waals surface area contributed by atoms with Crippen molar-refractivity contribution in [3.05, 3.63) is 29.8 Å². The molecule has 94 valence electrons. The van der Waals surface area contributed by atoms with Crippen molar-refractivity contribution in [1.82, 2.24) is 5.32 Å². The van der Waals surface area contributed by atoms with Gasteiger partial charge < -0.3 is 15.2 Å². The fourth-order valence-electron chi connectivity index (χ4n) is 1.39. The number of carbonyl (C=O) groups excluding carboxylic acids is 1. The molecule has 0 aliphatic rings. The minimum atomic E-state index is -0.461. The molecule has 0 aromatic heterocycles. The molecule has 0 unspecified atom stereocenters. The summed E-state index contributed by atoms with van der Waals surface area (Å²) < 4.78 is 5.47. The lowest BCUT2D eigenvalue weighted by molar-refractivity contribution is -0.120. The van der Waals surface area contributed by atoms with Crippen LogP contribution in [0, 0.1) is 0 Å². The lowest BCUT2D eigenvalue weighted by Gasteiger charge is -2.08. The Hall–Kier alpha value is -1.55. The predicted molar refractivity (Wildman–Crippen MR) is 65.9 cm³/mol. The van der Waals surface area contributed by atoms with Crippen LogP contribution in [0.4, 0.5) is 0 Å². The number of carbonyl (C=O) groups is 1. The fourth-order valence-corrected chi connectivity index (χ4v) is 1.39. The summed E-state index contributed by atoms with van der Waals surface area (Å²) >= 11 is 0. The highest BCUT2D eigenvalue weighted by Crippen LogP contribution is 2.17. The summed E-state index contributed by atoms with van der Waals surface area (Å²) in [5.41, 5.74) is 0.864. The van der Waals surface area contributed by atoms with Crippen LogP contribution in [-0.2, 0) is 4.79 Å². The Morgan fingerprint density at radius 1 is 1.41 bits per heavy atom. The number of benzene rings is 1. The van der Waals surface area contributed by atoms with Gasteiger partial charge in [-0.3, -0.25) is 4.79 Å². The molecule has 0 aliphatic carbocycles. The van der Waals surface area contributed by atoms with E-state index in [1.165, 1.54) is 0 Å². The molecule has 1 rings (SSSR count). The molecule has 4 nitrogen and oxygen atoms in total. The Balaban J connectivity index is 2.30. The van der Waals surface area contributed by atoms with Gasteiger partial charge in [0.25, 0.3) is 0 Å². The molecule has 1 aromatic carbocycles. The van der Waals surface area contributed by atoms with Crippen LogP contribution >= 0.6 is 0 Å². The number of nitrogens with one attached hydrogen (secondary N) is 1. The van der Waals surface area contributed by atoms with Gasteiger partial charge in [-0.1, -0.05) is 12.1 Å². The average molecular weight is 237 g/mol. The first-order valence-electron chi connectivity index (χ1n) is 5.75. The number of hydrogen-bond donors (Lipinski definition) is 2. The molecule has 2 N–H and O–H groups in total. The number of ether oxygens (including phenoxy) is 1.